The van der Waals surface area contributed by atoms with Crippen molar-refractivity contribution in [2.45, 2.75) is 80.4 Å². The number of rotatable bonds is 11. The molecule has 0 unspecified atom stereocenters. The summed E-state index contributed by atoms with van der Waals surface area (Å²) in [6, 6.07) is -1.35. The van der Waals surface area contributed by atoms with Crippen LogP contribution >= 0.6 is 0 Å². The Bertz CT molecular complexity index is 607. The summed E-state index contributed by atoms with van der Waals surface area (Å²) in [4.78, 5) is 23.7. The van der Waals surface area contributed by atoms with Crippen molar-refractivity contribution in [3.8, 4) is 0 Å². The van der Waals surface area contributed by atoms with Gasteiger partial charge in [0.25, 0.3) is 0 Å². The van der Waals surface area contributed by atoms with Crippen molar-refractivity contribution in [1.82, 2.24) is 5.32 Å². The van der Waals surface area contributed by atoms with Gasteiger partial charge in [0.15, 0.2) is 11.6 Å². The summed E-state index contributed by atoms with van der Waals surface area (Å²) < 4.78 is 5.27. The van der Waals surface area contributed by atoms with E-state index in [0.717, 1.165) is 6.92 Å². The Morgan fingerprint density at radius 1 is 1.03 bits per heavy atom. The second-order valence-corrected chi connectivity index (χ2v) is 7.59. The van der Waals surface area contributed by atoms with Gasteiger partial charge in [-0.1, -0.05) is 0 Å². The van der Waals surface area contributed by atoms with Crippen LogP contribution in [0.15, 0.2) is 0 Å². The summed E-state index contributed by atoms with van der Waals surface area (Å²) in [5.41, 5.74) is 0. The third-order valence-corrected chi connectivity index (χ3v) is 4.97. The Hall–Kier alpha value is -1.30. The molecule has 0 bridgehead atoms. The largest absolute Gasteiger partial charge is 0.394 e. The van der Waals surface area contributed by atoms with Crippen molar-refractivity contribution in [2.75, 3.05) is 13.2 Å². The molecule has 0 aromatic rings. The lowest BCUT2D eigenvalue weighted by Gasteiger charge is -2.46. The summed E-state index contributed by atoms with van der Waals surface area (Å²) in [7, 11) is 0. The van der Waals surface area contributed by atoms with E-state index in [1.54, 1.807) is 0 Å². The van der Waals surface area contributed by atoms with Gasteiger partial charge in [0, 0.05) is 13.3 Å². The molecule has 1 saturated heterocycles. The van der Waals surface area contributed by atoms with Crippen molar-refractivity contribution in [2.24, 2.45) is 0 Å². The molecule has 0 radical (unpaired) electrons. The second kappa shape index (κ2) is 11.5. The monoisotopic (exact) mass is 457 g/mol. The lowest BCUT2D eigenvalue weighted by molar-refractivity contribution is -0.301. The minimum absolute atomic E-state index is 0.653. The van der Waals surface area contributed by atoms with E-state index >= 15 is 0 Å². The van der Waals surface area contributed by atoms with Gasteiger partial charge in [-0.2, -0.15) is 0 Å². The first-order valence-electron chi connectivity index (χ1n) is 9.46. The van der Waals surface area contributed by atoms with E-state index in [9.17, 15) is 50.4 Å². The van der Waals surface area contributed by atoms with Crippen LogP contribution in [0.3, 0.4) is 0 Å². The summed E-state index contributed by atoms with van der Waals surface area (Å²) in [5, 5.41) is 99.6. The van der Waals surface area contributed by atoms with Crippen LogP contribution < -0.4 is 5.32 Å². The fourth-order valence-electron chi connectivity index (χ4n) is 3.27. The summed E-state index contributed by atoms with van der Waals surface area (Å²) in [6.45, 7) is -0.820. The van der Waals surface area contributed by atoms with Crippen molar-refractivity contribution in [1.29, 1.82) is 0 Å². The third kappa shape index (κ3) is 7.10. The predicted octanol–water partition coefficient (Wildman–Crippen LogP) is -6.56. The zero-order valence-corrected chi connectivity index (χ0v) is 16.7. The van der Waals surface area contributed by atoms with Gasteiger partial charge in [-0.05, 0) is 0 Å². The van der Waals surface area contributed by atoms with Gasteiger partial charge in [-0.15, -0.1) is 0 Å². The number of carbonyl (C=O) groups is 2. The van der Waals surface area contributed by atoms with Crippen molar-refractivity contribution >= 4 is 11.7 Å². The van der Waals surface area contributed by atoms with E-state index in [1.807, 2.05) is 0 Å². The summed E-state index contributed by atoms with van der Waals surface area (Å²) >= 11 is 0. The molecule has 1 heterocycles. The van der Waals surface area contributed by atoms with E-state index in [4.69, 9.17) is 14.9 Å². The molecule has 1 amide bonds. The van der Waals surface area contributed by atoms with E-state index in [-0.39, 0.29) is 0 Å². The highest BCUT2D eigenvalue weighted by molar-refractivity contribution is 5.84. The maximum Gasteiger partial charge on any atom is 0.217 e. The van der Waals surface area contributed by atoms with Gasteiger partial charge in [-0.3, -0.25) is 9.59 Å². The van der Waals surface area contributed by atoms with Crippen LogP contribution in [0.25, 0.3) is 0 Å². The standard InChI is InChI=1S/C17H31NO13/c1-6(21)18-11-7(22)2-17(30,31-16(11)14(28)10(25)5-20)3-8(23)12(26)15(29)13(27)9(24)4-19/h7,9-16,19-20,22,24-30H,2-5H2,1H3,(H,18,21)/t7-,9+,10+,11+,12-,13-,14+,15+,16+,17-/m0/s1. The van der Waals surface area contributed by atoms with Crippen LogP contribution in [-0.4, -0.2) is 137 Å². The molecule has 10 atom stereocenters. The maximum absolute atomic E-state index is 12.3. The number of aliphatic hydroxyl groups is 10. The van der Waals surface area contributed by atoms with Crippen molar-refractivity contribution < 1.29 is 65.4 Å². The van der Waals surface area contributed by atoms with Gasteiger partial charge < -0.3 is 61.1 Å². The van der Waals surface area contributed by atoms with E-state index in [1.165, 1.54) is 0 Å². The quantitative estimate of drug-likeness (QED) is 0.138. The molecule has 1 fully saturated rings. The second-order valence-electron chi connectivity index (χ2n) is 7.59. The van der Waals surface area contributed by atoms with Crippen LogP contribution in [0.5, 0.6) is 0 Å². The van der Waals surface area contributed by atoms with Crippen LogP contribution in [-0.2, 0) is 14.3 Å². The zero-order chi connectivity index (χ0) is 24.1. The first kappa shape index (κ1) is 27.7. The highest BCUT2D eigenvalue weighted by Gasteiger charge is 2.51. The molecule has 14 heteroatoms. The fourth-order valence-corrected chi connectivity index (χ4v) is 3.27. The van der Waals surface area contributed by atoms with Crippen molar-refractivity contribution in [3.05, 3.63) is 0 Å². The smallest absolute Gasteiger partial charge is 0.217 e. The molecule has 0 aromatic carbocycles. The Labute approximate surface area is 177 Å². The predicted molar refractivity (Wildman–Crippen MR) is 97.9 cm³/mol. The molecule has 11 N–H and O–H groups in total. The first-order chi connectivity index (χ1) is 14.3. The third-order valence-electron chi connectivity index (χ3n) is 4.97. The van der Waals surface area contributed by atoms with Gasteiger partial charge in [0.2, 0.25) is 5.91 Å². The van der Waals surface area contributed by atoms with E-state index < -0.39 is 98.4 Å². The van der Waals surface area contributed by atoms with Gasteiger partial charge in [0.05, 0.1) is 31.8 Å². The molecule has 14 nitrogen and oxygen atoms in total. The Balaban J connectivity index is 3.03. The first-order valence-corrected chi connectivity index (χ1v) is 9.46. The Morgan fingerprint density at radius 3 is 2.06 bits per heavy atom. The van der Waals surface area contributed by atoms with Crippen LogP contribution in [0.1, 0.15) is 19.8 Å². The molecular weight excluding hydrogens is 426 g/mol. The molecule has 0 aromatic heterocycles. The molecule has 0 spiro atoms. The number of aliphatic hydroxyl groups excluding tert-OH is 9. The molecule has 1 rings (SSSR count). The number of hydrogen-bond acceptors (Lipinski definition) is 13. The lowest BCUT2D eigenvalue weighted by atomic mass is 9.86. The number of nitrogens with one attached hydrogen (secondary N) is 1. The number of carbonyl (C=O) groups excluding carboxylic acids is 2. The average Bonchev–Trinajstić information content (AvgIpc) is 2.71. The molecule has 0 aliphatic carbocycles. The Kier molecular flexibility index (Phi) is 10.3. The summed E-state index contributed by atoms with van der Waals surface area (Å²) in [6.07, 6.45) is -17.3. The molecule has 1 aliphatic heterocycles. The maximum atomic E-state index is 12.3. The minimum atomic E-state index is -2.55. The molecule has 182 valence electrons. The number of ether oxygens (including phenoxy) is 1. The normalized spacial score (nSPS) is 32.4. The van der Waals surface area contributed by atoms with Crippen molar-refractivity contribution in [3.63, 3.8) is 0 Å². The van der Waals surface area contributed by atoms with Crippen LogP contribution in [0.4, 0.5) is 0 Å². The molecule has 1 aliphatic rings. The lowest BCUT2D eigenvalue weighted by Crippen LogP contribution is -2.66. The Morgan fingerprint density at radius 2 is 1.58 bits per heavy atom. The van der Waals surface area contributed by atoms with Gasteiger partial charge >= 0.3 is 0 Å². The molecule has 0 saturated carbocycles. The fraction of sp³-hybridized carbons (Fsp3) is 0.882. The van der Waals surface area contributed by atoms with Crippen LogP contribution in [0.2, 0.25) is 0 Å². The molecular formula is C17H31NO13. The number of ketones is 1. The van der Waals surface area contributed by atoms with Gasteiger partial charge in [0.1, 0.15) is 42.7 Å². The minimum Gasteiger partial charge on any atom is -0.394 e. The highest BCUT2D eigenvalue weighted by atomic mass is 16.6. The average molecular weight is 457 g/mol. The number of hydrogen-bond donors (Lipinski definition) is 11. The number of amides is 1. The van der Waals surface area contributed by atoms with E-state index in [2.05, 4.69) is 5.32 Å². The molecule has 31 heavy (non-hydrogen) atoms. The highest BCUT2D eigenvalue weighted by Crippen LogP contribution is 2.33. The van der Waals surface area contributed by atoms with E-state index in [0.29, 0.717) is 0 Å². The van der Waals surface area contributed by atoms with Gasteiger partial charge in [-0.25, -0.2) is 0 Å². The topological polar surface area (TPSA) is 258 Å². The number of Topliss-reactive ketones (excluding diaryl/α,β-unsaturated/α-hetero) is 1. The SMILES string of the molecule is CC(=O)N[C@H]1[C@H]([C@H](O)[C@H](O)CO)O[C@](O)(CC(=O)[C@H](O)[C@@H](O)[C@@H](O)[C@H](O)CO)C[C@@H]1O. The zero-order valence-electron chi connectivity index (χ0n) is 16.7. The summed E-state index contributed by atoms with van der Waals surface area (Å²) in [5.74, 6) is -4.49. The van der Waals surface area contributed by atoms with Crippen LogP contribution in [0, 0.1) is 0 Å².